The maximum Gasteiger partial charge on any atom is 0.169 e. The molecule has 1 aliphatic rings. The Bertz CT molecular complexity index is 1060. The zero-order chi connectivity index (χ0) is 23.2. The fraction of sp³-hybridized carbons (Fsp3) is 0.414. The van der Waals surface area contributed by atoms with E-state index in [0.29, 0.717) is 12.3 Å². The monoisotopic (exact) mass is 444 g/mol. The van der Waals surface area contributed by atoms with E-state index in [0.717, 1.165) is 73.9 Å². The van der Waals surface area contributed by atoms with Crippen LogP contribution in [0.3, 0.4) is 0 Å². The van der Waals surface area contributed by atoms with E-state index in [2.05, 4.69) is 84.8 Å². The molecule has 0 bridgehead atoms. The predicted molar refractivity (Wildman–Crippen MR) is 135 cm³/mol. The highest BCUT2D eigenvalue weighted by atomic mass is 16.5. The van der Waals surface area contributed by atoms with Gasteiger partial charge in [-0.1, -0.05) is 68.4 Å². The van der Waals surface area contributed by atoms with Gasteiger partial charge >= 0.3 is 0 Å². The molecule has 4 rings (SSSR count). The number of ether oxygens (including phenoxy) is 1. The number of rotatable bonds is 9. The van der Waals surface area contributed by atoms with E-state index in [1.165, 1.54) is 5.56 Å². The number of hydrogen-bond acceptors (Lipinski definition) is 3. The third kappa shape index (κ3) is 5.82. The van der Waals surface area contributed by atoms with Crippen LogP contribution in [0.15, 0.2) is 60.7 Å². The van der Waals surface area contributed by atoms with Gasteiger partial charge in [0.2, 0.25) is 0 Å². The molecule has 2 heterocycles. The summed E-state index contributed by atoms with van der Waals surface area (Å²) < 4.78 is 7.82. The summed E-state index contributed by atoms with van der Waals surface area (Å²) in [5, 5.41) is 0. The van der Waals surface area contributed by atoms with E-state index in [1.807, 2.05) is 6.07 Å². The van der Waals surface area contributed by atoms with Gasteiger partial charge < -0.3 is 9.30 Å². The van der Waals surface area contributed by atoms with Crippen molar-refractivity contribution in [3.8, 4) is 11.3 Å². The van der Waals surface area contributed by atoms with Crippen LogP contribution in [0.4, 0.5) is 0 Å². The van der Waals surface area contributed by atoms with E-state index >= 15 is 0 Å². The van der Waals surface area contributed by atoms with E-state index in [-0.39, 0.29) is 5.78 Å². The van der Waals surface area contributed by atoms with Crippen molar-refractivity contribution in [1.82, 2.24) is 9.47 Å². The first-order valence-electron chi connectivity index (χ1n) is 12.2. The predicted octanol–water partition coefficient (Wildman–Crippen LogP) is 5.73. The molecule has 0 N–H and O–H groups in total. The van der Waals surface area contributed by atoms with Gasteiger partial charge in [0.25, 0.3) is 0 Å². The fourth-order valence-corrected chi connectivity index (χ4v) is 4.68. The van der Waals surface area contributed by atoms with Gasteiger partial charge in [-0.3, -0.25) is 9.69 Å². The third-order valence-corrected chi connectivity index (χ3v) is 6.68. The minimum absolute atomic E-state index is 0.192. The maximum absolute atomic E-state index is 13.4. The van der Waals surface area contributed by atoms with Crippen LogP contribution in [0.5, 0.6) is 0 Å². The van der Waals surface area contributed by atoms with Gasteiger partial charge in [0.15, 0.2) is 5.78 Å². The summed E-state index contributed by atoms with van der Waals surface area (Å²) in [6, 6.07) is 21.0. The number of aromatic nitrogens is 1. The van der Waals surface area contributed by atoms with Gasteiger partial charge in [0.1, 0.15) is 0 Å². The number of carbonyl (C=O) groups excluding carboxylic acids is 1. The topological polar surface area (TPSA) is 34.5 Å². The second-order valence-electron chi connectivity index (χ2n) is 9.35. The van der Waals surface area contributed by atoms with Crippen molar-refractivity contribution in [2.75, 3.05) is 32.8 Å². The highest BCUT2D eigenvalue weighted by Gasteiger charge is 2.19. The van der Waals surface area contributed by atoms with Crippen LogP contribution >= 0.6 is 0 Å². The van der Waals surface area contributed by atoms with Gasteiger partial charge in [0, 0.05) is 49.6 Å². The van der Waals surface area contributed by atoms with E-state index in [1.54, 1.807) is 0 Å². The Morgan fingerprint density at radius 3 is 2.45 bits per heavy atom. The first-order valence-corrected chi connectivity index (χ1v) is 12.2. The molecular formula is C29H36N2O2. The zero-order valence-corrected chi connectivity index (χ0v) is 20.2. The lowest BCUT2D eigenvalue weighted by Gasteiger charge is -2.26. The molecule has 0 atom stereocenters. The lowest BCUT2D eigenvalue weighted by Crippen LogP contribution is -2.37. The Labute approximate surface area is 198 Å². The Morgan fingerprint density at radius 2 is 1.73 bits per heavy atom. The molecule has 0 spiro atoms. The Kier molecular flexibility index (Phi) is 7.79. The van der Waals surface area contributed by atoms with Crippen LogP contribution in [-0.4, -0.2) is 48.1 Å². The van der Waals surface area contributed by atoms with Crippen LogP contribution in [-0.2, 0) is 17.7 Å². The third-order valence-electron chi connectivity index (χ3n) is 6.68. The molecule has 0 amide bonds. The molecule has 3 aromatic rings. The van der Waals surface area contributed by atoms with Gasteiger partial charge in [-0.2, -0.15) is 0 Å². The normalized spacial score (nSPS) is 14.7. The minimum atomic E-state index is 0.192. The first kappa shape index (κ1) is 23.5. The van der Waals surface area contributed by atoms with Crippen LogP contribution in [0.25, 0.3) is 11.3 Å². The van der Waals surface area contributed by atoms with Gasteiger partial charge in [0.05, 0.1) is 13.2 Å². The van der Waals surface area contributed by atoms with Crippen molar-refractivity contribution in [2.24, 2.45) is 0 Å². The summed E-state index contributed by atoms with van der Waals surface area (Å²) >= 11 is 0. The quantitative estimate of drug-likeness (QED) is 0.395. The molecule has 2 aromatic carbocycles. The second kappa shape index (κ2) is 11.0. The minimum Gasteiger partial charge on any atom is -0.379 e. The Hall–Kier alpha value is -2.69. The Morgan fingerprint density at radius 1 is 0.970 bits per heavy atom. The van der Waals surface area contributed by atoms with E-state index < -0.39 is 0 Å². The molecule has 4 nitrogen and oxygen atoms in total. The maximum atomic E-state index is 13.4. The smallest absolute Gasteiger partial charge is 0.169 e. The zero-order valence-electron chi connectivity index (χ0n) is 20.2. The molecule has 4 heteroatoms. The summed E-state index contributed by atoms with van der Waals surface area (Å²) in [5.41, 5.74) is 6.58. The highest BCUT2D eigenvalue weighted by molar-refractivity contribution is 6.00. The average Bonchev–Trinajstić information content (AvgIpc) is 3.17. The van der Waals surface area contributed by atoms with Crippen LogP contribution in [0, 0.1) is 6.92 Å². The van der Waals surface area contributed by atoms with Gasteiger partial charge in [-0.05, 0) is 42.0 Å². The molecule has 0 aliphatic carbocycles. The summed E-state index contributed by atoms with van der Waals surface area (Å²) in [6.07, 6.45) is 1.49. The van der Waals surface area contributed by atoms with Gasteiger partial charge in [-0.15, -0.1) is 0 Å². The number of benzene rings is 2. The molecular weight excluding hydrogens is 408 g/mol. The lowest BCUT2D eigenvalue weighted by molar-refractivity contribution is 0.0369. The number of hydrogen-bond donors (Lipinski definition) is 0. The average molecular weight is 445 g/mol. The van der Waals surface area contributed by atoms with Crippen LogP contribution in [0.1, 0.15) is 53.4 Å². The fourth-order valence-electron chi connectivity index (χ4n) is 4.68. The van der Waals surface area contributed by atoms with E-state index in [9.17, 15) is 4.79 Å². The summed E-state index contributed by atoms with van der Waals surface area (Å²) in [5.74, 6) is 0.650. The largest absolute Gasteiger partial charge is 0.379 e. The number of Topliss-reactive ketones (excluding diaryl/α,β-unsaturated/α-hetero) is 1. The standard InChI is InChI=1S/C29H36N2O2/c1-22(2)26-12-7-9-24(19-26)20-29(32)27-21-28(25-10-5-4-6-11-25)31(23(27)3)14-8-13-30-15-17-33-18-16-30/h4-7,9-12,19,21-22H,8,13-18,20H2,1-3H3. The molecule has 174 valence electrons. The summed E-state index contributed by atoms with van der Waals surface area (Å²) in [6.45, 7) is 12.1. The molecule has 0 unspecified atom stereocenters. The second-order valence-corrected chi connectivity index (χ2v) is 9.35. The van der Waals surface area contributed by atoms with Crippen molar-refractivity contribution in [3.05, 3.63) is 83.0 Å². The van der Waals surface area contributed by atoms with Crippen molar-refractivity contribution >= 4 is 5.78 Å². The van der Waals surface area contributed by atoms with Crippen molar-refractivity contribution in [3.63, 3.8) is 0 Å². The molecule has 1 fully saturated rings. The molecule has 0 radical (unpaired) electrons. The van der Waals surface area contributed by atoms with Crippen molar-refractivity contribution < 1.29 is 9.53 Å². The summed E-state index contributed by atoms with van der Waals surface area (Å²) in [7, 11) is 0. The molecule has 33 heavy (non-hydrogen) atoms. The molecule has 1 aromatic heterocycles. The Balaban J connectivity index is 1.56. The number of carbonyl (C=O) groups is 1. The lowest BCUT2D eigenvalue weighted by atomic mass is 9.97. The highest BCUT2D eigenvalue weighted by Crippen LogP contribution is 2.28. The van der Waals surface area contributed by atoms with Gasteiger partial charge in [-0.25, -0.2) is 0 Å². The molecule has 1 aliphatic heterocycles. The summed E-state index contributed by atoms with van der Waals surface area (Å²) in [4.78, 5) is 15.9. The first-order chi connectivity index (χ1) is 16.0. The molecule has 1 saturated heterocycles. The van der Waals surface area contributed by atoms with Crippen molar-refractivity contribution in [2.45, 2.75) is 46.1 Å². The van der Waals surface area contributed by atoms with Crippen molar-refractivity contribution in [1.29, 1.82) is 0 Å². The SMILES string of the molecule is Cc1c(C(=O)Cc2cccc(C(C)C)c2)cc(-c2ccccc2)n1CCCN1CCOCC1. The molecule has 0 saturated carbocycles. The van der Waals surface area contributed by atoms with Crippen LogP contribution < -0.4 is 0 Å². The number of ketones is 1. The van der Waals surface area contributed by atoms with Crippen LogP contribution in [0.2, 0.25) is 0 Å². The number of nitrogens with zero attached hydrogens (tertiary/aromatic N) is 2. The van der Waals surface area contributed by atoms with E-state index in [4.69, 9.17) is 4.74 Å². The number of morpholine rings is 1.